The fourth-order valence-electron chi connectivity index (χ4n) is 5.07. The second-order valence-electron chi connectivity index (χ2n) is 9.14. The van der Waals surface area contributed by atoms with E-state index in [1.54, 1.807) is 4.90 Å². The van der Waals surface area contributed by atoms with Crippen LogP contribution in [0.15, 0.2) is 0 Å². The van der Waals surface area contributed by atoms with Crippen LogP contribution in [0.4, 0.5) is 0 Å². The Bertz CT molecular complexity index is 553. The highest BCUT2D eigenvalue weighted by atomic mass is 16.2. The zero-order chi connectivity index (χ0) is 18.7. The Labute approximate surface area is 157 Å². The molecule has 1 spiro atoms. The maximum Gasteiger partial charge on any atom is 0.289 e. The van der Waals surface area contributed by atoms with Crippen LogP contribution in [-0.4, -0.2) is 53.6 Å². The normalized spacial score (nSPS) is 27.6. The number of likely N-dealkylation sites (tertiary alicyclic amines) is 2. The summed E-state index contributed by atoms with van der Waals surface area (Å²) < 4.78 is 0. The molecule has 2 heterocycles. The van der Waals surface area contributed by atoms with Crippen molar-refractivity contribution in [2.45, 2.75) is 71.6 Å². The van der Waals surface area contributed by atoms with Gasteiger partial charge in [0.25, 0.3) is 5.91 Å². The second-order valence-corrected chi connectivity index (χ2v) is 9.14. The third-order valence-corrected chi connectivity index (χ3v) is 6.50. The van der Waals surface area contributed by atoms with Crippen molar-refractivity contribution in [1.82, 2.24) is 9.80 Å². The average Bonchev–Trinajstić information content (AvgIpc) is 3.04. The van der Waals surface area contributed by atoms with Gasteiger partial charge < -0.3 is 9.80 Å². The fourth-order valence-corrected chi connectivity index (χ4v) is 5.07. The molecule has 3 fully saturated rings. The molecule has 0 aromatic heterocycles. The summed E-state index contributed by atoms with van der Waals surface area (Å²) in [5.74, 6) is 0.382. The van der Waals surface area contributed by atoms with E-state index in [-0.39, 0.29) is 23.5 Å². The summed E-state index contributed by atoms with van der Waals surface area (Å²) in [7, 11) is 0. The first-order valence-electron chi connectivity index (χ1n) is 10.5. The zero-order valence-corrected chi connectivity index (χ0v) is 16.5. The van der Waals surface area contributed by atoms with Crippen molar-refractivity contribution in [1.29, 1.82) is 0 Å². The van der Waals surface area contributed by atoms with Gasteiger partial charge in [0.1, 0.15) is 0 Å². The molecule has 26 heavy (non-hydrogen) atoms. The Kier molecular flexibility index (Phi) is 6.03. The summed E-state index contributed by atoms with van der Waals surface area (Å²) in [6.45, 7) is 6.63. The molecule has 0 N–H and O–H groups in total. The molecule has 0 aromatic carbocycles. The van der Waals surface area contributed by atoms with E-state index in [1.165, 1.54) is 32.1 Å². The molecule has 1 unspecified atom stereocenters. The van der Waals surface area contributed by atoms with Crippen molar-refractivity contribution in [3.05, 3.63) is 0 Å². The number of nitrogens with zero attached hydrogens (tertiary/aromatic N) is 2. The maximum atomic E-state index is 13.2. The molecule has 1 saturated carbocycles. The van der Waals surface area contributed by atoms with Crippen LogP contribution in [0, 0.1) is 17.3 Å². The molecule has 0 aromatic rings. The van der Waals surface area contributed by atoms with Crippen molar-refractivity contribution in [2.24, 2.45) is 17.3 Å². The van der Waals surface area contributed by atoms with Crippen LogP contribution in [0.1, 0.15) is 71.6 Å². The summed E-state index contributed by atoms with van der Waals surface area (Å²) in [5, 5.41) is 0. The largest absolute Gasteiger partial charge is 0.342 e. The van der Waals surface area contributed by atoms with Crippen LogP contribution in [0.5, 0.6) is 0 Å². The Hall–Kier alpha value is -1.39. The maximum absolute atomic E-state index is 13.2. The SMILES string of the molecule is CC(C)CC(=O)C(=O)N1CCC2(CCCN(CC3CCCCC3)C2=O)C1. The molecule has 2 saturated heterocycles. The van der Waals surface area contributed by atoms with Gasteiger partial charge in [0, 0.05) is 32.6 Å². The molecule has 0 bridgehead atoms. The molecule has 0 radical (unpaired) electrons. The molecule has 5 nitrogen and oxygen atoms in total. The van der Waals surface area contributed by atoms with E-state index in [2.05, 4.69) is 4.90 Å². The van der Waals surface area contributed by atoms with Crippen molar-refractivity contribution in [2.75, 3.05) is 26.2 Å². The first kappa shape index (κ1) is 19.4. The van der Waals surface area contributed by atoms with Gasteiger partial charge in [-0.05, 0) is 43.9 Å². The number of amides is 2. The number of hydrogen-bond acceptors (Lipinski definition) is 3. The standard InChI is InChI=1S/C21H34N2O3/c1-16(2)13-18(24)19(25)23-12-10-21(15-23)9-6-11-22(20(21)26)14-17-7-4-3-5-8-17/h16-17H,3-15H2,1-2H3. The molecule has 2 aliphatic heterocycles. The van der Waals surface area contributed by atoms with E-state index in [0.29, 0.717) is 31.8 Å². The van der Waals surface area contributed by atoms with Crippen LogP contribution in [0.3, 0.4) is 0 Å². The Morgan fingerprint density at radius 3 is 2.50 bits per heavy atom. The summed E-state index contributed by atoms with van der Waals surface area (Å²) in [5.41, 5.74) is -0.430. The third-order valence-electron chi connectivity index (χ3n) is 6.50. The number of ketones is 1. The lowest BCUT2D eigenvalue weighted by Gasteiger charge is -2.41. The highest BCUT2D eigenvalue weighted by molar-refractivity contribution is 6.36. The molecular weight excluding hydrogens is 328 g/mol. The Morgan fingerprint density at radius 2 is 1.81 bits per heavy atom. The smallest absolute Gasteiger partial charge is 0.289 e. The fraction of sp³-hybridized carbons (Fsp3) is 0.857. The predicted molar refractivity (Wildman–Crippen MR) is 100 cm³/mol. The first-order valence-corrected chi connectivity index (χ1v) is 10.5. The lowest BCUT2D eigenvalue weighted by molar-refractivity contribution is -0.149. The van der Waals surface area contributed by atoms with E-state index in [4.69, 9.17) is 0 Å². The van der Waals surface area contributed by atoms with Gasteiger partial charge >= 0.3 is 0 Å². The number of carbonyl (C=O) groups is 3. The zero-order valence-electron chi connectivity index (χ0n) is 16.5. The Balaban J connectivity index is 1.61. The molecule has 146 valence electrons. The minimum absolute atomic E-state index is 0.185. The number of hydrogen-bond donors (Lipinski definition) is 0. The van der Waals surface area contributed by atoms with Crippen molar-refractivity contribution in [3.63, 3.8) is 0 Å². The van der Waals surface area contributed by atoms with E-state index in [9.17, 15) is 14.4 Å². The molecule has 5 heteroatoms. The molecule has 3 aliphatic rings. The number of piperidine rings is 1. The topological polar surface area (TPSA) is 57.7 Å². The van der Waals surface area contributed by atoms with Crippen molar-refractivity contribution < 1.29 is 14.4 Å². The number of carbonyl (C=O) groups excluding carboxylic acids is 3. The third kappa shape index (κ3) is 4.12. The summed E-state index contributed by atoms with van der Waals surface area (Å²) in [6, 6.07) is 0. The quantitative estimate of drug-likeness (QED) is 0.707. The summed E-state index contributed by atoms with van der Waals surface area (Å²) >= 11 is 0. The van der Waals surface area contributed by atoms with Gasteiger partial charge in [0.05, 0.1) is 5.41 Å². The summed E-state index contributed by atoms with van der Waals surface area (Å²) in [6.07, 6.45) is 9.27. The molecule has 1 atom stereocenters. The minimum atomic E-state index is -0.430. The highest BCUT2D eigenvalue weighted by Gasteiger charge is 2.50. The van der Waals surface area contributed by atoms with Crippen LogP contribution in [0.25, 0.3) is 0 Å². The monoisotopic (exact) mass is 362 g/mol. The van der Waals surface area contributed by atoms with E-state index >= 15 is 0 Å². The average molecular weight is 363 g/mol. The van der Waals surface area contributed by atoms with E-state index in [1.807, 2.05) is 13.8 Å². The van der Waals surface area contributed by atoms with Gasteiger partial charge in [-0.25, -0.2) is 0 Å². The summed E-state index contributed by atoms with van der Waals surface area (Å²) in [4.78, 5) is 41.6. The molecule has 1 aliphatic carbocycles. The van der Waals surface area contributed by atoms with Gasteiger partial charge in [0.15, 0.2) is 0 Å². The van der Waals surface area contributed by atoms with Gasteiger partial charge in [-0.2, -0.15) is 0 Å². The highest BCUT2D eigenvalue weighted by Crippen LogP contribution is 2.41. The lowest BCUT2D eigenvalue weighted by Crippen LogP contribution is -2.52. The van der Waals surface area contributed by atoms with Crippen molar-refractivity contribution in [3.8, 4) is 0 Å². The minimum Gasteiger partial charge on any atom is -0.342 e. The van der Waals surface area contributed by atoms with Crippen LogP contribution < -0.4 is 0 Å². The van der Waals surface area contributed by atoms with Crippen LogP contribution >= 0.6 is 0 Å². The van der Waals surface area contributed by atoms with Gasteiger partial charge in [-0.1, -0.05) is 33.1 Å². The number of Topliss-reactive ketones (excluding diaryl/α,β-unsaturated/α-hetero) is 1. The van der Waals surface area contributed by atoms with Crippen LogP contribution in [0.2, 0.25) is 0 Å². The van der Waals surface area contributed by atoms with E-state index < -0.39 is 5.41 Å². The van der Waals surface area contributed by atoms with Gasteiger partial charge in [0.2, 0.25) is 11.7 Å². The Morgan fingerprint density at radius 1 is 1.08 bits per heavy atom. The molecular formula is C21H34N2O3. The van der Waals surface area contributed by atoms with Gasteiger partial charge in [-0.3, -0.25) is 14.4 Å². The molecule has 3 rings (SSSR count). The van der Waals surface area contributed by atoms with Crippen LogP contribution in [-0.2, 0) is 14.4 Å². The second kappa shape index (κ2) is 8.10. The van der Waals surface area contributed by atoms with Gasteiger partial charge in [-0.15, -0.1) is 0 Å². The first-order chi connectivity index (χ1) is 12.4. The number of rotatable bonds is 5. The molecule has 2 amide bonds. The predicted octanol–water partition coefficient (Wildman–Crippen LogP) is 3.02. The lowest BCUT2D eigenvalue weighted by atomic mass is 9.77. The van der Waals surface area contributed by atoms with E-state index in [0.717, 1.165) is 25.9 Å². The van der Waals surface area contributed by atoms with Crippen molar-refractivity contribution >= 4 is 17.6 Å².